The van der Waals surface area contributed by atoms with E-state index in [1.165, 1.54) is 0 Å². The first-order valence-corrected chi connectivity index (χ1v) is 9.25. The molecule has 2 amide bonds. The van der Waals surface area contributed by atoms with Crippen LogP contribution in [0.3, 0.4) is 0 Å². The maximum absolute atomic E-state index is 12.1. The molecule has 158 valence electrons. The van der Waals surface area contributed by atoms with Gasteiger partial charge in [0.25, 0.3) is 11.8 Å². The molecule has 9 heteroatoms. The first-order chi connectivity index (χ1) is 14.4. The Kier molecular flexibility index (Phi) is 6.74. The van der Waals surface area contributed by atoms with E-state index in [2.05, 4.69) is 10.9 Å². The molecule has 0 fully saturated rings. The van der Waals surface area contributed by atoms with Crippen LogP contribution in [0.25, 0.3) is 0 Å². The van der Waals surface area contributed by atoms with E-state index in [4.69, 9.17) is 18.9 Å². The average molecular weight is 414 g/mol. The molecule has 1 aliphatic heterocycles. The summed E-state index contributed by atoms with van der Waals surface area (Å²) >= 11 is 0. The first-order valence-electron chi connectivity index (χ1n) is 9.25. The molecule has 0 spiro atoms. The highest BCUT2D eigenvalue weighted by Crippen LogP contribution is 2.30. The summed E-state index contributed by atoms with van der Waals surface area (Å²) in [6, 6.07) is 12.5. The van der Waals surface area contributed by atoms with Crippen LogP contribution in [0, 0.1) is 13.8 Å². The number of amides is 2. The fraction of sp³-hybridized carbons (Fsp3) is 0.286. The molecule has 1 heterocycles. The third-order valence-electron chi connectivity index (χ3n) is 4.17. The van der Waals surface area contributed by atoms with Crippen molar-refractivity contribution in [3.8, 4) is 17.2 Å². The Morgan fingerprint density at radius 2 is 1.80 bits per heavy atom. The number of carbonyl (C=O) groups is 3. The third kappa shape index (κ3) is 5.63. The predicted octanol–water partition coefficient (Wildman–Crippen LogP) is 1.21. The van der Waals surface area contributed by atoms with Gasteiger partial charge in [0.05, 0.1) is 0 Å². The number of carbonyl (C=O) groups excluding carboxylic acids is 3. The van der Waals surface area contributed by atoms with Gasteiger partial charge in [0.1, 0.15) is 12.4 Å². The molecular formula is C21H22N2O7. The number of hydrogen-bond donors (Lipinski definition) is 2. The number of fused-ring (bicyclic) bond motifs is 1. The molecule has 2 aromatic carbocycles. The summed E-state index contributed by atoms with van der Waals surface area (Å²) in [7, 11) is 0. The van der Waals surface area contributed by atoms with Crippen LogP contribution in [0.2, 0.25) is 0 Å². The number of esters is 1. The smallest absolute Gasteiger partial charge is 0.344 e. The second-order valence-corrected chi connectivity index (χ2v) is 6.62. The number of para-hydroxylation sites is 2. The Balaban J connectivity index is 1.35. The van der Waals surface area contributed by atoms with Crippen LogP contribution < -0.4 is 25.1 Å². The van der Waals surface area contributed by atoms with Gasteiger partial charge in [-0.1, -0.05) is 29.8 Å². The molecule has 0 saturated heterocycles. The van der Waals surface area contributed by atoms with Crippen molar-refractivity contribution in [3.05, 3.63) is 53.6 Å². The highest BCUT2D eigenvalue weighted by atomic mass is 16.6. The number of benzene rings is 2. The number of nitrogens with one attached hydrogen (secondary N) is 2. The van der Waals surface area contributed by atoms with Crippen LogP contribution >= 0.6 is 0 Å². The largest absolute Gasteiger partial charge is 0.485 e. The second kappa shape index (κ2) is 9.64. The molecule has 0 unspecified atom stereocenters. The second-order valence-electron chi connectivity index (χ2n) is 6.62. The number of aryl methyl sites for hydroxylation is 2. The zero-order valence-electron chi connectivity index (χ0n) is 16.6. The summed E-state index contributed by atoms with van der Waals surface area (Å²) in [5, 5.41) is 0. The van der Waals surface area contributed by atoms with E-state index in [0.29, 0.717) is 17.2 Å². The summed E-state index contributed by atoms with van der Waals surface area (Å²) in [6.45, 7) is 2.91. The van der Waals surface area contributed by atoms with E-state index in [1.54, 1.807) is 30.3 Å². The molecule has 9 nitrogen and oxygen atoms in total. The van der Waals surface area contributed by atoms with Crippen LogP contribution in [0.5, 0.6) is 17.2 Å². The molecule has 0 aromatic heterocycles. The average Bonchev–Trinajstić information content (AvgIpc) is 2.75. The van der Waals surface area contributed by atoms with Gasteiger partial charge < -0.3 is 18.9 Å². The van der Waals surface area contributed by atoms with Crippen molar-refractivity contribution in [2.75, 3.05) is 19.8 Å². The molecular weight excluding hydrogens is 392 g/mol. The van der Waals surface area contributed by atoms with E-state index in [1.807, 2.05) is 26.0 Å². The number of hydrazine groups is 1. The van der Waals surface area contributed by atoms with Gasteiger partial charge >= 0.3 is 5.97 Å². The maximum atomic E-state index is 12.1. The van der Waals surface area contributed by atoms with Crippen LogP contribution in [-0.2, 0) is 19.1 Å². The SMILES string of the molecule is Cc1ccc(OCC(=O)OCC(=O)NNC(=O)[C@@H]2COc3ccccc3O2)c(C)c1. The lowest BCUT2D eigenvalue weighted by Crippen LogP contribution is -2.51. The van der Waals surface area contributed by atoms with Gasteiger partial charge in [0.2, 0.25) is 6.10 Å². The molecule has 3 rings (SSSR count). The van der Waals surface area contributed by atoms with Crippen molar-refractivity contribution in [2.45, 2.75) is 20.0 Å². The van der Waals surface area contributed by atoms with Crippen LogP contribution in [0.15, 0.2) is 42.5 Å². The number of ether oxygens (including phenoxy) is 4. The minimum absolute atomic E-state index is 0.00344. The quantitative estimate of drug-likeness (QED) is 0.540. The van der Waals surface area contributed by atoms with Gasteiger partial charge in [-0.25, -0.2) is 4.79 Å². The van der Waals surface area contributed by atoms with Gasteiger partial charge in [-0.05, 0) is 37.6 Å². The number of hydrogen-bond acceptors (Lipinski definition) is 7. The third-order valence-corrected chi connectivity index (χ3v) is 4.17. The lowest BCUT2D eigenvalue weighted by Gasteiger charge is -2.25. The molecule has 1 aliphatic rings. The molecule has 1 atom stereocenters. The minimum atomic E-state index is -0.922. The van der Waals surface area contributed by atoms with E-state index in [9.17, 15) is 14.4 Å². The fourth-order valence-corrected chi connectivity index (χ4v) is 2.68. The molecule has 30 heavy (non-hydrogen) atoms. The molecule has 2 N–H and O–H groups in total. The Hall–Kier alpha value is -3.75. The zero-order valence-corrected chi connectivity index (χ0v) is 16.6. The van der Waals surface area contributed by atoms with E-state index in [-0.39, 0.29) is 13.2 Å². The van der Waals surface area contributed by atoms with Crippen molar-refractivity contribution in [2.24, 2.45) is 0 Å². The Morgan fingerprint density at radius 1 is 1.03 bits per heavy atom. The van der Waals surface area contributed by atoms with Crippen LogP contribution in [-0.4, -0.2) is 43.7 Å². The summed E-state index contributed by atoms with van der Waals surface area (Å²) in [6.07, 6.45) is -0.922. The summed E-state index contributed by atoms with van der Waals surface area (Å²) in [5.41, 5.74) is 6.34. The van der Waals surface area contributed by atoms with Crippen LogP contribution in [0.1, 0.15) is 11.1 Å². The normalized spacial score (nSPS) is 14.4. The van der Waals surface area contributed by atoms with Gasteiger partial charge in [-0.2, -0.15) is 0 Å². The molecule has 0 radical (unpaired) electrons. The topological polar surface area (TPSA) is 112 Å². The van der Waals surface area contributed by atoms with Crippen molar-refractivity contribution < 1.29 is 33.3 Å². The summed E-state index contributed by atoms with van der Waals surface area (Å²) in [5.74, 6) is -0.473. The summed E-state index contributed by atoms with van der Waals surface area (Å²) < 4.78 is 21.2. The summed E-state index contributed by atoms with van der Waals surface area (Å²) in [4.78, 5) is 35.6. The Morgan fingerprint density at radius 3 is 2.57 bits per heavy atom. The van der Waals surface area contributed by atoms with Crippen LogP contribution in [0.4, 0.5) is 0 Å². The van der Waals surface area contributed by atoms with Crippen molar-refractivity contribution in [3.63, 3.8) is 0 Å². The van der Waals surface area contributed by atoms with Crippen molar-refractivity contribution >= 4 is 17.8 Å². The highest BCUT2D eigenvalue weighted by molar-refractivity contribution is 5.86. The van der Waals surface area contributed by atoms with E-state index >= 15 is 0 Å². The van der Waals surface area contributed by atoms with Crippen molar-refractivity contribution in [1.29, 1.82) is 0 Å². The van der Waals surface area contributed by atoms with Gasteiger partial charge in [0, 0.05) is 0 Å². The fourth-order valence-electron chi connectivity index (χ4n) is 2.68. The number of rotatable bonds is 6. The molecule has 0 aliphatic carbocycles. The van der Waals surface area contributed by atoms with Gasteiger partial charge in [0.15, 0.2) is 24.7 Å². The molecule has 0 saturated carbocycles. The maximum Gasteiger partial charge on any atom is 0.344 e. The predicted molar refractivity (Wildman–Crippen MR) is 105 cm³/mol. The van der Waals surface area contributed by atoms with E-state index in [0.717, 1.165) is 11.1 Å². The standard InChI is InChI=1S/C21H22N2O7/c1-13-7-8-15(14(2)9-13)28-12-20(25)29-11-19(24)22-23-21(26)18-10-27-16-5-3-4-6-17(16)30-18/h3-9,18H,10-12H2,1-2H3,(H,22,24)(H,23,26)/t18-/m0/s1. The van der Waals surface area contributed by atoms with E-state index < -0.39 is 30.5 Å². The first kappa shape index (κ1) is 21.0. The Bertz CT molecular complexity index is 945. The molecule has 2 aromatic rings. The van der Waals surface area contributed by atoms with Crippen molar-refractivity contribution in [1.82, 2.24) is 10.9 Å². The van der Waals surface area contributed by atoms with Gasteiger partial charge in [-0.3, -0.25) is 20.4 Å². The minimum Gasteiger partial charge on any atom is -0.485 e. The monoisotopic (exact) mass is 414 g/mol. The van der Waals surface area contributed by atoms with Gasteiger partial charge in [-0.15, -0.1) is 0 Å². The lowest BCUT2D eigenvalue weighted by atomic mass is 10.1. The highest BCUT2D eigenvalue weighted by Gasteiger charge is 2.27. The molecule has 0 bridgehead atoms. The Labute approximate surface area is 173 Å². The lowest BCUT2D eigenvalue weighted by molar-refractivity contribution is -0.151. The zero-order chi connectivity index (χ0) is 21.5.